The van der Waals surface area contributed by atoms with Gasteiger partial charge in [0.15, 0.2) is 0 Å². The molecule has 1 aromatic heterocycles. The molecule has 1 rings (SSSR count). The third kappa shape index (κ3) is 1.89. The average molecular weight is 175 g/mol. The molecule has 11 heavy (non-hydrogen) atoms. The fourth-order valence-electron chi connectivity index (χ4n) is 0.615. The first kappa shape index (κ1) is 8.45. The van der Waals surface area contributed by atoms with Gasteiger partial charge in [0.1, 0.15) is 5.82 Å². The SMILES string of the molecule is OB(O)c1ncc(F)cc1Cl. The van der Waals surface area contributed by atoms with E-state index in [9.17, 15) is 4.39 Å². The summed E-state index contributed by atoms with van der Waals surface area (Å²) in [6.07, 6.45) is 0.862. The van der Waals surface area contributed by atoms with Gasteiger partial charge < -0.3 is 10.0 Å². The largest absolute Gasteiger partial charge is 0.509 e. The van der Waals surface area contributed by atoms with Crippen molar-refractivity contribution < 1.29 is 14.4 Å². The Morgan fingerprint density at radius 2 is 2.18 bits per heavy atom. The van der Waals surface area contributed by atoms with E-state index in [-0.39, 0.29) is 10.6 Å². The number of halogens is 2. The topological polar surface area (TPSA) is 53.4 Å². The molecule has 1 heterocycles. The lowest BCUT2D eigenvalue weighted by atomic mass is 9.86. The lowest BCUT2D eigenvalue weighted by Gasteiger charge is -1.99. The summed E-state index contributed by atoms with van der Waals surface area (Å²) in [7, 11) is -1.76. The molecule has 2 N–H and O–H groups in total. The van der Waals surface area contributed by atoms with Crippen molar-refractivity contribution in [1.82, 2.24) is 4.98 Å². The number of nitrogens with zero attached hydrogens (tertiary/aromatic N) is 1. The van der Waals surface area contributed by atoms with E-state index >= 15 is 0 Å². The molecule has 0 radical (unpaired) electrons. The summed E-state index contributed by atoms with van der Waals surface area (Å²) in [4.78, 5) is 3.37. The second kappa shape index (κ2) is 3.17. The third-order valence-corrected chi connectivity index (χ3v) is 1.38. The zero-order valence-electron chi connectivity index (χ0n) is 5.33. The van der Waals surface area contributed by atoms with Crippen LogP contribution in [-0.2, 0) is 0 Å². The Morgan fingerprint density at radius 1 is 1.55 bits per heavy atom. The van der Waals surface area contributed by atoms with Crippen LogP contribution in [-0.4, -0.2) is 22.2 Å². The van der Waals surface area contributed by atoms with Crippen molar-refractivity contribution in [3.63, 3.8) is 0 Å². The summed E-state index contributed by atoms with van der Waals surface area (Å²) in [5.74, 6) is -0.612. The van der Waals surface area contributed by atoms with E-state index < -0.39 is 12.9 Å². The van der Waals surface area contributed by atoms with Gasteiger partial charge in [0.25, 0.3) is 0 Å². The van der Waals surface area contributed by atoms with Crippen LogP contribution in [0.2, 0.25) is 5.02 Å². The highest BCUT2D eigenvalue weighted by Crippen LogP contribution is 2.05. The molecule has 0 unspecified atom stereocenters. The molecule has 0 saturated carbocycles. The Balaban J connectivity index is 3.09. The van der Waals surface area contributed by atoms with Gasteiger partial charge >= 0.3 is 7.12 Å². The second-order valence-electron chi connectivity index (χ2n) is 1.89. The minimum Gasteiger partial charge on any atom is -0.422 e. The Kier molecular flexibility index (Phi) is 2.43. The molecule has 0 bridgehead atoms. The van der Waals surface area contributed by atoms with Crippen LogP contribution in [0.4, 0.5) is 4.39 Å². The van der Waals surface area contributed by atoms with Gasteiger partial charge in [-0.1, -0.05) is 11.6 Å². The zero-order valence-corrected chi connectivity index (χ0v) is 6.09. The molecule has 1 aromatic rings. The molecule has 0 fully saturated rings. The normalized spacial score (nSPS) is 9.82. The third-order valence-electron chi connectivity index (χ3n) is 1.08. The first-order valence-electron chi connectivity index (χ1n) is 2.78. The standard InChI is InChI=1S/C5H4BClFNO2/c7-4-1-3(8)2-9-5(4)6(10)11/h1-2,10-11H. The van der Waals surface area contributed by atoms with E-state index in [0.717, 1.165) is 12.3 Å². The van der Waals surface area contributed by atoms with E-state index in [4.69, 9.17) is 21.6 Å². The van der Waals surface area contributed by atoms with Gasteiger partial charge in [-0.3, -0.25) is 4.98 Å². The molecular weight excluding hydrogens is 171 g/mol. The maximum Gasteiger partial charge on any atom is 0.509 e. The maximum absolute atomic E-state index is 12.3. The van der Waals surface area contributed by atoms with Crippen LogP contribution in [0.3, 0.4) is 0 Å². The summed E-state index contributed by atoms with van der Waals surface area (Å²) in [5.41, 5.74) is -0.145. The predicted molar refractivity (Wildman–Crippen MR) is 39.0 cm³/mol. The Morgan fingerprint density at radius 3 is 2.64 bits per heavy atom. The number of rotatable bonds is 1. The Bertz CT molecular complexity index is 271. The number of hydrogen-bond acceptors (Lipinski definition) is 3. The van der Waals surface area contributed by atoms with E-state index in [2.05, 4.69) is 4.98 Å². The highest BCUT2D eigenvalue weighted by Gasteiger charge is 2.16. The van der Waals surface area contributed by atoms with Gasteiger partial charge in [-0.25, -0.2) is 4.39 Å². The van der Waals surface area contributed by atoms with Crippen molar-refractivity contribution >= 4 is 24.3 Å². The first-order chi connectivity index (χ1) is 5.11. The fraction of sp³-hybridized carbons (Fsp3) is 0. The molecule has 0 atom stereocenters. The summed E-state index contributed by atoms with van der Waals surface area (Å²) in [6, 6.07) is 0.962. The predicted octanol–water partition coefficient (Wildman–Crippen LogP) is -0.446. The average Bonchev–Trinajstić information content (AvgIpc) is 1.85. The summed E-state index contributed by atoms with van der Waals surface area (Å²) < 4.78 is 12.3. The molecular formula is C5H4BClFNO2. The van der Waals surface area contributed by atoms with Gasteiger partial charge in [0, 0.05) is 0 Å². The maximum atomic E-state index is 12.3. The van der Waals surface area contributed by atoms with Gasteiger partial charge in [0.2, 0.25) is 0 Å². The van der Waals surface area contributed by atoms with E-state index in [0.29, 0.717) is 0 Å². The molecule has 0 saturated heterocycles. The van der Waals surface area contributed by atoms with Crippen molar-refractivity contribution in [3.05, 3.63) is 23.1 Å². The number of hydrogen-bond donors (Lipinski definition) is 2. The van der Waals surface area contributed by atoms with Crippen molar-refractivity contribution in [2.45, 2.75) is 0 Å². The first-order valence-corrected chi connectivity index (χ1v) is 3.16. The molecule has 58 valence electrons. The smallest absolute Gasteiger partial charge is 0.422 e. The minimum absolute atomic E-state index is 0.0972. The second-order valence-corrected chi connectivity index (χ2v) is 2.30. The van der Waals surface area contributed by atoms with Crippen LogP contribution < -0.4 is 5.59 Å². The quantitative estimate of drug-likeness (QED) is 0.569. The van der Waals surface area contributed by atoms with Crippen molar-refractivity contribution in [1.29, 1.82) is 0 Å². The minimum atomic E-state index is -1.76. The molecule has 0 spiro atoms. The van der Waals surface area contributed by atoms with Gasteiger partial charge in [0.05, 0.1) is 16.8 Å². The highest BCUT2D eigenvalue weighted by atomic mass is 35.5. The molecule has 0 aliphatic carbocycles. The van der Waals surface area contributed by atoms with E-state index in [1.165, 1.54) is 0 Å². The zero-order chi connectivity index (χ0) is 8.43. The van der Waals surface area contributed by atoms with Crippen LogP contribution in [0.25, 0.3) is 0 Å². The summed E-state index contributed by atoms with van der Waals surface area (Å²) in [5, 5.41) is 17.1. The lowest BCUT2D eigenvalue weighted by Crippen LogP contribution is -2.33. The monoisotopic (exact) mass is 175 g/mol. The molecule has 0 aliphatic heterocycles. The molecule has 3 nitrogen and oxygen atoms in total. The van der Waals surface area contributed by atoms with Crippen molar-refractivity contribution in [2.24, 2.45) is 0 Å². The van der Waals surface area contributed by atoms with Crippen LogP contribution in [0.15, 0.2) is 12.3 Å². The van der Waals surface area contributed by atoms with Crippen LogP contribution >= 0.6 is 11.6 Å². The number of pyridine rings is 1. The molecule has 0 aliphatic rings. The van der Waals surface area contributed by atoms with E-state index in [1.807, 2.05) is 0 Å². The Labute approximate surface area is 67.6 Å². The summed E-state index contributed by atoms with van der Waals surface area (Å²) in [6.45, 7) is 0. The van der Waals surface area contributed by atoms with Crippen LogP contribution in [0.1, 0.15) is 0 Å². The molecule has 0 aromatic carbocycles. The molecule has 6 heteroatoms. The molecule has 0 amide bonds. The highest BCUT2D eigenvalue weighted by molar-refractivity contribution is 6.61. The van der Waals surface area contributed by atoms with Gasteiger partial charge in [-0.15, -0.1) is 0 Å². The van der Waals surface area contributed by atoms with E-state index in [1.54, 1.807) is 0 Å². The van der Waals surface area contributed by atoms with Crippen LogP contribution in [0.5, 0.6) is 0 Å². The van der Waals surface area contributed by atoms with Crippen LogP contribution in [0, 0.1) is 5.82 Å². The van der Waals surface area contributed by atoms with Gasteiger partial charge in [-0.2, -0.15) is 0 Å². The lowest BCUT2D eigenvalue weighted by molar-refractivity contribution is 0.424. The fourth-order valence-corrected chi connectivity index (χ4v) is 0.866. The van der Waals surface area contributed by atoms with Gasteiger partial charge in [-0.05, 0) is 6.07 Å². The van der Waals surface area contributed by atoms with Crippen molar-refractivity contribution in [2.75, 3.05) is 0 Å². The Hall–Kier alpha value is -0.645. The van der Waals surface area contributed by atoms with Crippen molar-refractivity contribution in [3.8, 4) is 0 Å². The summed E-state index contributed by atoms with van der Waals surface area (Å²) >= 11 is 5.40. The number of aromatic nitrogens is 1.